The Morgan fingerprint density at radius 2 is 1.85 bits per heavy atom. The summed E-state index contributed by atoms with van der Waals surface area (Å²) in [7, 11) is 0. The molecule has 0 radical (unpaired) electrons. The van der Waals surface area contributed by atoms with Crippen molar-refractivity contribution in [2.75, 3.05) is 0 Å². The van der Waals surface area contributed by atoms with E-state index in [1.807, 2.05) is 13.1 Å². The van der Waals surface area contributed by atoms with Crippen molar-refractivity contribution in [3.63, 3.8) is 0 Å². The van der Waals surface area contributed by atoms with Crippen LogP contribution in [0.1, 0.15) is 42.7 Å². The molecule has 0 N–H and O–H groups in total. The molecule has 1 aliphatic carbocycles. The Balaban J connectivity index is 2.23. The molecule has 0 aliphatic heterocycles. The fraction of sp³-hybridized carbons (Fsp3) is 0.438. The number of aryl methyl sites for hydroxylation is 1. The molecule has 0 aromatic carbocycles. The van der Waals surface area contributed by atoms with Gasteiger partial charge in [0.1, 0.15) is 6.33 Å². The van der Waals surface area contributed by atoms with Crippen LogP contribution in [0, 0.1) is 5.95 Å². The highest BCUT2D eigenvalue weighted by molar-refractivity contribution is 5.68. The van der Waals surface area contributed by atoms with Crippen molar-refractivity contribution in [1.82, 2.24) is 15.0 Å². The van der Waals surface area contributed by atoms with Crippen LogP contribution in [0.5, 0.6) is 0 Å². The summed E-state index contributed by atoms with van der Waals surface area (Å²) in [5.41, 5.74) is 6.11. The van der Waals surface area contributed by atoms with Gasteiger partial charge in [-0.05, 0) is 43.2 Å². The number of hydrogen-bond donors (Lipinski definition) is 0. The van der Waals surface area contributed by atoms with Crippen LogP contribution in [0.25, 0.3) is 11.3 Å². The quantitative estimate of drug-likeness (QED) is 0.804. The molecule has 0 amide bonds. The molecule has 0 bridgehead atoms. The molecule has 3 nitrogen and oxygen atoms in total. The molecular weight excluding hydrogens is 253 g/mol. The highest BCUT2D eigenvalue weighted by Gasteiger charge is 2.21. The van der Waals surface area contributed by atoms with Gasteiger partial charge in [-0.2, -0.15) is 4.39 Å². The number of rotatable bonds is 3. The number of halogens is 1. The highest BCUT2D eigenvalue weighted by atomic mass is 19.1. The minimum absolute atomic E-state index is 0.417. The van der Waals surface area contributed by atoms with Gasteiger partial charge in [-0.1, -0.05) is 13.8 Å². The van der Waals surface area contributed by atoms with Crippen LogP contribution in [0.15, 0.2) is 12.5 Å². The molecule has 0 saturated heterocycles. The fourth-order valence-electron chi connectivity index (χ4n) is 3.12. The average molecular weight is 271 g/mol. The lowest BCUT2D eigenvalue weighted by atomic mass is 9.95. The third-order valence-corrected chi connectivity index (χ3v) is 4.08. The van der Waals surface area contributed by atoms with Gasteiger partial charge in [-0.25, -0.2) is 9.97 Å². The summed E-state index contributed by atoms with van der Waals surface area (Å²) >= 11 is 0. The standard InChI is InChI=1S/C16H18FN3/c1-3-10-12-6-5-7-14(12)18-8-13(10)15-11(4-2)16(17)20-9-19-15/h8-9H,3-7H2,1-2H3. The summed E-state index contributed by atoms with van der Waals surface area (Å²) in [6, 6.07) is 0. The van der Waals surface area contributed by atoms with Crippen molar-refractivity contribution in [3.8, 4) is 11.3 Å². The van der Waals surface area contributed by atoms with E-state index in [4.69, 9.17) is 0 Å². The summed E-state index contributed by atoms with van der Waals surface area (Å²) < 4.78 is 13.9. The SMILES string of the molecule is CCc1c(F)ncnc1-c1cnc2c(c1CC)CCC2. The Morgan fingerprint density at radius 3 is 2.60 bits per heavy atom. The van der Waals surface area contributed by atoms with E-state index in [1.54, 1.807) is 0 Å². The zero-order valence-electron chi connectivity index (χ0n) is 11.9. The van der Waals surface area contributed by atoms with Gasteiger partial charge in [-0.3, -0.25) is 4.98 Å². The third-order valence-electron chi connectivity index (χ3n) is 4.08. The minimum atomic E-state index is -0.417. The van der Waals surface area contributed by atoms with Crippen LogP contribution in [-0.4, -0.2) is 15.0 Å². The molecule has 104 valence electrons. The van der Waals surface area contributed by atoms with Crippen LogP contribution in [0.3, 0.4) is 0 Å². The molecule has 3 rings (SSSR count). The molecule has 0 fully saturated rings. The molecule has 20 heavy (non-hydrogen) atoms. The predicted octanol–water partition coefficient (Wildman–Crippen LogP) is 3.29. The summed E-state index contributed by atoms with van der Waals surface area (Å²) in [6.07, 6.45) is 7.98. The van der Waals surface area contributed by atoms with Crippen molar-refractivity contribution in [3.05, 3.63) is 40.9 Å². The van der Waals surface area contributed by atoms with E-state index in [1.165, 1.54) is 23.1 Å². The number of nitrogens with zero attached hydrogens (tertiary/aromatic N) is 3. The molecule has 1 aliphatic rings. The van der Waals surface area contributed by atoms with Crippen molar-refractivity contribution < 1.29 is 4.39 Å². The van der Waals surface area contributed by atoms with Crippen LogP contribution in [0.2, 0.25) is 0 Å². The normalized spacial score (nSPS) is 13.6. The van der Waals surface area contributed by atoms with Crippen molar-refractivity contribution in [2.45, 2.75) is 46.0 Å². The van der Waals surface area contributed by atoms with Crippen LogP contribution in [-0.2, 0) is 25.7 Å². The first-order chi connectivity index (χ1) is 9.76. The lowest BCUT2D eigenvalue weighted by molar-refractivity contribution is 0.564. The van der Waals surface area contributed by atoms with E-state index >= 15 is 0 Å². The Hall–Kier alpha value is -1.84. The van der Waals surface area contributed by atoms with Gasteiger partial charge in [0, 0.05) is 23.0 Å². The third kappa shape index (κ3) is 1.99. The van der Waals surface area contributed by atoms with Crippen molar-refractivity contribution >= 4 is 0 Å². The second-order valence-corrected chi connectivity index (χ2v) is 5.13. The zero-order valence-corrected chi connectivity index (χ0v) is 11.9. The number of aromatic nitrogens is 3. The molecule has 0 spiro atoms. The first-order valence-electron chi connectivity index (χ1n) is 7.25. The molecular formula is C16H18FN3. The number of fused-ring (bicyclic) bond motifs is 1. The van der Waals surface area contributed by atoms with Crippen molar-refractivity contribution in [1.29, 1.82) is 0 Å². The molecule has 0 saturated carbocycles. The second kappa shape index (κ2) is 5.27. The van der Waals surface area contributed by atoms with E-state index in [-0.39, 0.29) is 0 Å². The fourth-order valence-corrected chi connectivity index (χ4v) is 3.12. The van der Waals surface area contributed by atoms with Gasteiger partial charge in [-0.15, -0.1) is 0 Å². The molecule has 2 aromatic rings. The molecule has 0 unspecified atom stereocenters. The van der Waals surface area contributed by atoms with Gasteiger partial charge >= 0.3 is 0 Å². The molecule has 0 atom stereocenters. The average Bonchev–Trinajstić information content (AvgIpc) is 2.94. The Kier molecular flexibility index (Phi) is 3.47. The zero-order chi connectivity index (χ0) is 14.1. The number of pyridine rings is 1. The van der Waals surface area contributed by atoms with Crippen LogP contribution < -0.4 is 0 Å². The van der Waals surface area contributed by atoms with E-state index in [2.05, 4.69) is 21.9 Å². The maximum Gasteiger partial charge on any atom is 0.219 e. The van der Waals surface area contributed by atoms with E-state index in [9.17, 15) is 4.39 Å². The molecule has 2 heterocycles. The first-order valence-corrected chi connectivity index (χ1v) is 7.25. The lowest BCUT2D eigenvalue weighted by Crippen LogP contribution is -2.04. The lowest BCUT2D eigenvalue weighted by Gasteiger charge is -2.14. The number of hydrogen-bond acceptors (Lipinski definition) is 3. The van der Waals surface area contributed by atoms with Gasteiger partial charge in [0.25, 0.3) is 0 Å². The van der Waals surface area contributed by atoms with Crippen LogP contribution in [0.4, 0.5) is 4.39 Å². The van der Waals surface area contributed by atoms with E-state index < -0.39 is 5.95 Å². The Bertz CT molecular complexity index is 652. The van der Waals surface area contributed by atoms with E-state index in [0.29, 0.717) is 17.7 Å². The topological polar surface area (TPSA) is 38.7 Å². The second-order valence-electron chi connectivity index (χ2n) is 5.13. The van der Waals surface area contributed by atoms with Gasteiger partial charge in [0.15, 0.2) is 0 Å². The summed E-state index contributed by atoms with van der Waals surface area (Å²) in [5, 5.41) is 0. The first kappa shape index (κ1) is 13.2. The maximum absolute atomic E-state index is 13.9. The Labute approximate surface area is 118 Å². The minimum Gasteiger partial charge on any atom is -0.260 e. The maximum atomic E-state index is 13.9. The summed E-state index contributed by atoms with van der Waals surface area (Å²) in [5.74, 6) is -0.417. The van der Waals surface area contributed by atoms with Gasteiger partial charge in [0.2, 0.25) is 5.95 Å². The van der Waals surface area contributed by atoms with Gasteiger partial charge in [0.05, 0.1) is 5.69 Å². The van der Waals surface area contributed by atoms with Crippen LogP contribution >= 0.6 is 0 Å². The molecule has 4 heteroatoms. The van der Waals surface area contributed by atoms with E-state index in [0.717, 1.165) is 31.2 Å². The monoisotopic (exact) mass is 271 g/mol. The summed E-state index contributed by atoms with van der Waals surface area (Å²) in [4.78, 5) is 12.6. The van der Waals surface area contributed by atoms with Gasteiger partial charge < -0.3 is 0 Å². The molecule has 2 aromatic heterocycles. The Morgan fingerprint density at radius 1 is 1.05 bits per heavy atom. The smallest absolute Gasteiger partial charge is 0.219 e. The highest BCUT2D eigenvalue weighted by Crippen LogP contribution is 2.33. The predicted molar refractivity (Wildman–Crippen MR) is 76.0 cm³/mol. The summed E-state index contributed by atoms with van der Waals surface area (Å²) in [6.45, 7) is 4.07. The largest absolute Gasteiger partial charge is 0.260 e. The van der Waals surface area contributed by atoms with Crippen molar-refractivity contribution in [2.24, 2.45) is 0 Å².